The predicted octanol–water partition coefficient (Wildman–Crippen LogP) is 7.95. The Kier molecular flexibility index (Phi) is 10.2. The second-order valence-corrected chi connectivity index (χ2v) is 11.6. The molecule has 1 amide bonds. The monoisotopic (exact) mass is 615 g/mol. The van der Waals surface area contributed by atoms with E-state index in [-0.39, 0.29) is 17.3 Å². The van der Waals surface area contributed by atoms with E-state index in [2.05, 4.69) is 20.2 Å². The second-order valence-electron chi connectivity index (χ2n) is 11.6. The molecule has 5 rings (SSSR count). The van der Waals surface area contributed by atoms with Gasteiger partial charge in [-0.05, 0) is 106 Å². The number of ether oxygens (including phenoxy) is 1. The Morgan fingerprint density at radius 2 is 1.71 bits per heavy atom. The highest BCUT2D eigenvalue weighted by Gasteiger charge is 2.32. The number of halogens is 2. The highest BCUT2D eigenvalue weighted by molar-refractivity contribution is 5.87. The number of carboxylic acid groups (broad SMARTS) is 1. The Morgan fingerprint density at radius 3 is 2.40 bits per heavy atom. The number of hydrogen-bond donors (Lipinski definition) is 2. The third-order valence-electron chi connectivity index (χ3n) is 7.99. The lowest BCUT2D eigenvalue weighted by atomic mass is 9.89. The number of anilines is 3. The summed E-state index contributed by atoms with van der Waals surface area (Å²) in [5.74, 6) is -0.718. The minimum atomic E-state index is -1.34. The molecule has 0 saturated carbocycles. The van der Waals surface area contributed by atoms with Crippen molar-refractivity contribution in [3.63, 3.8) is 0 Å². The number of carbonyl (C=O) groups is 1. The Labute approximate surface area is 262 Å². The summed E-state index contributed by atoms with van der Waals surface area (Å²) in [6.07, 6.45) is 4.87. The molecule has 2 N–H and O–H groups in total. The number of hydrogen-bond acceptors (Lipinski definition) is 6. The van der Waals surface area contributed by atoms with Crippen molar-refractivity contribution in [3.8, 4) is 5.75 Å². The molecule has 1 aromatic heterocycles. The number of nitrogens with zero attached hydrogens (tertiary/aromatic N) is 4. The molecule has 1 aliphatic rings. The lowest BCUT2D eigenvalue weighted by Gasteiger charge is -2.32. The number of rotatable bonds is 11. The molecule has 1 fully saturated rings. The summed E-state index contributed by atoms with van der Waals surface area (Å²) in [6, 6.07) is 14.7. The zero-order valence-electron chi connectivity index (χ0n) is 25.9. The molecule has 1 saturated heterocycles. The molecule has 2 heterocycles. The lowest BCUT2D eigenvalue weighted by molar-refractivity contribution is 0.199. The first-order chi connectivity index (χ1) is 21.7. The van der Waals surface area contributed by atoms with Gasteiger partial charge >= 0.3 is 6.09 Å². The fraction of sp³-hybridized carbons (Fsp3) is 0.343. The first-order valence-corrected chi connectivity index (χ1v) is 15.3. The zero-order valence-corrected chi connectivity index (χ0v) is 25.9. The van der Waals surface area contributed by atoms with E-state index in [1.165, 1.54) is 31.5 Å². The van der Waals surface area contributed by atoms with Crippen molar-refractivity contribution in [2.45, 2.75) is 52.5 Å². The minimum Gasteiger partial charge on any atom is -0.493 e. The van der Waals surface area contributed by atoms with Crippen LogP contribution in [0.3, 0.4) is 0 Å². The summed E-state index contributed by atoms with van der Waals surface area (Å²) in [6.45, 7) is 9.57. The molecular formula is C35H39F2N5O3. The van der Waals surface area contributed by atoms with E-state index in [4.69, 9.17) is 4.74 Å². The van der Waals surface area contributed by atoms with Gasteiger partial charge in [-0.15, -0.1) is 0 Å². The van der Waals surface area contributed by atoms with Crippen LogP contribution < -0.4 is 15.0 Å². The molecule has 1 atom stereocenters. The van der Waals surface area contributed by atoms with Crippen molar-refractivity contribution in [1.29, 1.82) is 0 Å². The van der Waals surface area contributed by atoms with Crippen LogP contribution >= 0.6 is 0 Å². The van der Waals surface area contributed by atoms with Crippen LogP contribution in [0.15, 0.2) is 66.9 Å². The third kappa shape index (κ3) is 8.13. The zero-order chi connectivity index (χ0) is 31.9. The van der Waals surface area contributed by atoms with Crippen LogP contribution in [-0.2, 0) is 0 Å². The summed E-state index contributed by atoms with van der Waals surface area (Å²) in [7, 11) is 0. The smallest absolute Gasteiger partial charge is 0.413 e. The van der Waals surface area contributed by atoms with Crippen LogP contribution in [0.4, 0.5) is 31.0 Å². The highest BCUT2D eigenvalue weighted by Crippen LogP contribution is 2.37. The van der Waals surface area contributed by atoms with Gasteiger partial charge in [-0.2, -0.15) is 4.98 Å². The predicted molar refractivity (Wildman–Crippen MR) is 172 cm³/mol. The standard InChI is InChI=1S/C35H39F2N5O3/c1-23-17-24(2)32(25(3)18-23)33(26-19-27(36)21-28(37)20-26)42(35(43)44)31-11-12-38-34(40-31)39-29-9-7-10-30(22-29)45-16-8-15-41-13-5-4-6-14-41/h7,9-12,17-22,33H,4-6,8,13-16H2,1-3H3,(H,43,44)(H,38,39,40). The maximum absolute atomic E-state index is 14.5. The van der Waals surface area contributed by atoms with Crippen LogP contribution in [0, 0.1) is 32.4 Å². The first kappa shape index (κ1) is 31.8. The van der Waals surface area contributed by atoms with E-state index in [9.17, 15) is 18.7 Å². The quantitative estimate of drug-likeness (QED) is 0.166. The number of piperidine rings is 1. The Balaban J connectivity index is 1.40. The summed E-state index contributed by atoms with van der Waals surface area (Å²) in [4.78, 5) is 25.3. The van der Waals surface area contributed by atoms with E-state index < -0.39 is 23.8 Å². The van der Waals surface area contributed by atoms with Crippen molar-refractivity contribution in [1.82, 2.24) is 14.9 Å². The average molecular weight is 616 g/mol. The average Bonchev–Trinajstić information content (AvgIpc) is 2.99. The third-order valence-corrected chi connectivity index (χ3v) is 7.99. The van der Waals surface area contributed by atoms with Crippen LogP contribution in [0.25, 0.3) is 0 Å². The lowest BCUT2D eigenvalue weighted by Crippen LogP contribution is -2.36. The highest BCUT2D eigenvalue weighted by atomic mass is 19.1. The Morgan fingerprint density at radius 1 is 1.00 bits per heavy atom. The number of aromatic nitrogens is 2. The molecule has 236 valence electrons. The normalized spacial score (nSPS) is 14.2. The molecule has 45 heavy (non-hydrogen) atoms. The first-order valence-electron chi connectivity index (χ1n) is 15.3. The van der Waals surface area contributed by atoms with Gasteiger partial charge in [-0.3, -0.25) is 0 Å². The molecule has 1 aliphatic heterocycles. The van der Waals surface area contributed by atoms with E-state index >= 15 is 0 Å². The Bertz CT molecular complexity index is 1600. The van der Waals surface area contributed by atoms with Crippen molar-refractivity contribution < 1.29 is 23.4 Å². The molecule has 8 nitrogen and oxygen atoms in total. The van der Waals surface area contributed by atoms with Crippen molar-refractivity contribution in [3.05, 3.63) is 106 Å². The van der Waals surface area contributed by atoms with Gasteiger partial charge in [0.15, 0.2) is 0 Å². The summed E-state index contributed by atoms with van der Waals surface area (Å²) < 4.78 is 35.0. The fourth-order valence-corrected chi connectivity index (χ4v) is 6.14. The molecular weight excluding hydrogens is 576 g/mol. The molecule has 0 aliphatic carbocycles. The number of amides is 1. The number of aryl methyl sites for hydroxylation is 3. The maximum Gasteiger partial charge on any atom is 0.413 e. The maximum atomic E-state index is 14.5. The number of nitrogens with one attached hydrogen (secondary N) is 1. The van der Waals surface area contributed by atoms with Gasteiger partial charge < -0.3 is 20.1 Å². The van der Waals surface area contributed by atoms with Gasteiger partial charge in [0.2, 0.25) is 5.95 Å². The summed E-state index contributed by atoms with van der Waals surface area (Å²) >= 11 is 0. The Hall–Kier alpha value is -4.57. The minimum absolute atomic E-state index is 0.0409. The SMILES string of the molecule is Cc1cc(C)c(C(c2cc(F)cc(F)c2)N(C(=O)O)c2ccnc(Nc3cccc(OCCCN4CCCCC4)c3)n2)c(C)c1. The van der Waals surface area contributed by atoms with E-state index in [1.54, 1.807) is 0 Å². The van der Waals surface area contributed by atoms with Crippen molar-refractivity contribution in [2.24, 2.45) is 0 Å². The van der Waals surface area contributed by atoms with Gasteiger partial charge in [0.25, 0.3) is 0 Å². The van der Waals surface area contributed by atoms with Gasteiger partial charge in [0.05, 0.1) is 12.6 Å². The molecule has 10 heteroatoms. The van der Waals surface area contributed by atoms with Gasteiger partial charge in [0.1, 0.15) is 23.2 Å². The van der Waals surface area contributed by atoms with Gasteiger partial charge in [-0.1, -0.05) is 30.2 Å². The van der Waals surface area contributed by atoms with Crippen molar-refractivity contribution >= 4 is 23.5 Å². The van der Waals surface area contributed by atoms with Crippen LogP contribution in [0.2, 0.25) is 0 Å². The van der Waals surface area contributed by atoms with E-state index in [0.29, 0.717) is 23.6 Å². The largest absolute Gasteiger partial charge is 0.493 e. The van der Waals surface area contributed by atoms with Gasteiger partial charge in [0, 0.05) is 30.6 Å². The van der Waals surface area contributed by atoms with Crippen LogP contribution in [0.5, 0.6) is 5.75 Å². The molecule has 4 aromatic rings. The topological polar surface area (TPSA) is 90.8 Å². The number of likely N-dealkylation sites (tertiary alicyclic amines) is 1. The van der Waals surface area contributed by atoms with E-state index in [0.717, 1.165) is 65.8 Å². The van der Waals surface area contributed by atoms with Crippen LogP contribution in [-0.4, -0.2) is 52.3 Å². The number of benzene rings is 3. The molecule has 0 radical (unpaired) electrons. The molecule has 3 aromatic carbocycles. The van der Waals surface area contributed by atoms with E-state index in [1.807, 2.05) is 57.2 Å². The fourth-order valence-electron chi connectivity index (χ4n) is 6.14. The summed E-state index contributed by atoms with van der Waals surface area (Å²) in [5, 5.41) is 13.7. The molecule has 0 spiro atoms. The summed E-state index contributed by atoms with van der Waals surface area (Å²) in [5.41, 5.74) is 3.98. The van der Waals surface area contributed by atoms with Crippen molar-refractivity contribution in [2.75, 3.05) is 36.5 Å². The van der Waals surface area contributed by atoms with Crippen LogP contribution in [0.1, 0.15) is 59.5 Å². The van der Waals surface area contributed by atoms with Gasteiger partial charge in [-0.25, -0.2) is 23.5 Å². The second kappa shape index (κ2) is 14.5. The molecule has 1 unspecified atom stereocenters. The molecule has 0 bridgehead atoms.